The van der Waals surface area contributed by atoms with Crippen molar-refractivity contribution in [2.24, 2.45) is 0 Å². The Labute approximate surface area is 108 Å². The van der Waals surface area contributed by atoms with Crippen molar-refractivity contribution in [2.45, 2.75) is 18.4 Å². The van der Waals surface area contributed by atoms with E-state index in [1.54, 1.807) is 0 Å². The molecule has 0 unspecified atom stereocenters. The molecule has 0 bridgehead atoms. The van der Waals surface area contributed by atoms with Gasteiger partial charge in [0.25, 0.3) is 5.91 Å². The Morgan fingerprint density at radius 1 is 1.44 bits per heavy atom. The van der Waals surface area contributed by atoms with E-state index < -0.39 is 17.4 Å². The number of aromatic nitrogens is 1. The number of halogens is 1. The molecule has 0 radical (unpaired) electrons. The fourth-order valence-electron chi connectivity index (χ4n) is 1.90. The quantitative estimate of drug-likeness (QED) is 0.766. The Kier molecular flexibility index (Phi) is 3.58. The van der Waals surface area contributed by atoms with Gasteiger partial charge in [0, 0.05) is 32.3 Å². The topological polar surface area (TPSA) is 91.4 Å². The van der Waals surface area contributed by atoms with Gasteiger partial charge < -0.3 is 20.1 Å². The van der Waals surface area contributed by atoms with Gasteiger partial charge in [0.15, 0.2) is 0 Å². The third-order valence-electron chi connectivity index (χ3n) is 3.00. The van der Waals surface area contributed by atoms with Crippen molar-refractivity contribution in [2.75, 3.05) is 13.2 Å². The molecule has 0 aliphatic carbocycles. The molecule has 1 aliphatic rings. The zero-order valence-corrected chi connectivity index (χ0v) is 10.3. The first-order valence-electron chi connectivity index (χ1n) is 5.51. The summed E-state index contributed by atoms with van der Waals surface area (Å²) < 4.78 is 5.12. The molecule has 2 rings (SSSR count). The van der Waals surface area contributed by atoms with Gasteiger partial charge in [-0.3, -0.25) is 4.79 Å². The van der Waals surface area contributed by atoms with Gasteiger partial charge in [0.2, 0.25) is 0 Å². The lowest BCUT2D eigenvalue weighted by Crippen LogP contribution is -2.57. The molecule has 0 atom stereocenters. The number of H-pyrrole nitrogens is 1. The number of rotatable bonds is 3. The van der Waals surface area contributed by atoms with E-state index in [2.05, 4.69) is 10.3 Å². The predicted octanol–water partition coefficient (Wildman–Crippen LogP) is 1.03. The highest BCUT2D eigenvalue weighted by Crippen LogP contribution is 2.22. The second-order valence-electron chi connectivity index (χ2n) is 4.19. The standard InChI is InChI=1S/C11H13ClN2O4/c12-7-5-8(13-6-7)9(15)14-11(10(16)17)1-3-18-4-2-11/h5-6,13H,1-4H2,(H,14,15)(H,16,17). The van der Waals surface area contributed by atoms with Crippen LogP contribution in [0.3, 0.4) is 0 Å². The number of aliphatic carboxylic acids is 1. The molecule has 1 amide bonds. The summed E-state index contributed by atoms with van der Waals surface area (Å²) in [6, 6.07) is 1.45. The number of hydrogen-bond acceptors (Lipinski definition) is 3. The molecule has 6 nitrogen and oxygen atoms in total. The van der Waals surface area contributed by atoms with Gasteiger partial charge in [-0.1, -0.05) is 11.6 Å². The Morgan fingerprint density at radius 3 is 2.61 bits per heavy atom. The number of amides is 1. The van der Waals surface area contributed by atoms with E-state index in [0.717, 1.165) is 0 Å². The summed E-state index contributed by atoms with van der Waals surface area (Å²) in [4.78, 5) is 26.0. The van der Waals surface area contributed by atoms with Gasteiger partial charge in [-0.15, -0.1) is 0 Å². The summed E-state index contributed by atoms with van der Waals surface area (Å²) >= 11 is 5.70. The number of carboxylic acids is 1. The van der Waals surface area contributed by atoms with E-state index in [-0.39, 0.29) is 18.5 Å². The average Bonchev–Trinajstić information content (AvgIpc) is 2.77. The van der Waals surface area contributed by atoms with Crippen LogP contribution in [0.15, 0.2) is 12.3 Å². The lowest BCUT2D eigenvalue weighted by Gasteiger charge is -2.33. The van der Waals surface area contributed by atoms with Crippen LogP contribution in [0.2, 0.25) is 5.02 Å². The molecule has 98 valence electrons. The van der Waals surface area contributed by atoms with Crippen LogP contribution >= 0.6 is 11.6 Å². The van der Waals surface area contributed by atoms with Crippen molar-refractivity contribution < 1.29 is 19.4 Å². The highest BCUT2D eigenvalue weighted by Gasteiger charge is 2.41. The second-order valence-corrected chi connectivity index (χ2v) is 4.62. The van der Waals surface area contributed by atoms with Crippen LogP contribution in [-0.2, 0) is 9.53 Å². The van der Waals surface area contributed by atoms with Crippen molar-refractivity contribution in [3.63, 3.8) is 0 Å². The van der Waals surface area contributed by atoms with E-state index in [0.29, 0.717) is 18.2 Å². The van der Waals surface area contributed by atoms with Gasteiger partial charge in [0.05, 0.1) is 5.02 Å². The van der Waals surface area contributed by atoms with Crippen molar-refractivity contribution in [1.82, 2.24) is 10.3 Å². The Hall–Kier alpha value is -1.53. The van der Waals surface area contributed by atoms with Gasteiger partial charge in [-0.2, -0.15) is 0 Å². The van der Waals surface area contributed by atoms with Crippen LogP contribution in [-0.4, -0.2) is 40.7 Å². The third-order valence-corrected chi connectivity index (χ3v) is 3.22. The average molecular weight is 273 g/mol. The number of carbonyl (C=O) groups is 2. The fourth-order valence-corrected chi connectivity index (χ4v) is 2.06. The molecule has 1 saturated heterocycles. The molecule has 2 heterocycles. The largest absolute Gasteiger partial charge is 0.480 e. The second kappa shape index (κ2) is 4.99. The molecular weight excluding hydrogens is 260 g/mol. The molecule has 3 N–H and O–H groups in total. The minimum Gasteiger partial charge on any atom is -0.480 e. The summed E-state index contributed by atoms with van der Waals surface area (Å²) in [6.07, 6.45) is 1.97. The van der Waals surface area contributed by atoms with E-state index >= 15 is 0 Å². The minimum atomic E-state index is -1.26. The van der Waals surface area contributed by atoms with E-state index in [1.807, 2.05) is 0 Å². The zero-order valence-electron chi connectivity index (χ0n) is 9.53. The van der Waals surface area contributed by atoms with Crippen LogP contribution in [0.25, 0.3) is 0 Å². The molecule has 0 saturated carbocycles. The first-order chi connectivity index (χ1) is 8.53. The number of hydrogen-bond donors (Lipinski definition) is 3. The molecule has 18 heavy (non-hydrogen) atoms. The summed E-state index contributed by atoms with van der Waals surface area (Å²) in [5.41, 5.74) is -1.01. The van der Waals surface area contributed by atoms with E-state index in [4.69, 9.17) is 16.3 Å². The molecule has 7 heteroatoms. The maximum atomic E-state index is 11.9. The molecule has 1 fully saturated rings. The zero-order chi connectivity index (χ0) is 13.2. The summed E-state index contributed by atoms with van der Waals surface area (Å²) in [7, 11) is 0. The number of nitrogens with one attached hydrogen (secondary N) is 2. The summed E-state index contributed by atoms with van der Waals surface area (Å²) in [5, 5.41) is 12.2. The maximum absolute atomic E-state index is 11.9. The third kappa shape index (κ3) is 2.49. The Bertz CT molecular complexity index is 465. The monoisotopic (exact) mass is 272 g/mol. The van der Waals surface area contributed by atoms with Gasteiger partial charge in [-0.05, 0) is 6.07 Å². The Balaban J connectivity index is 2.14. The van der Waals surface area contributed by atoms with Crippen molar-refractivity contribution in [3.8, 4) is 0 Å². The predicted molar refractivity (Wildman–Crippen MR) is 63.7 cm³/mol. The highest BCUT2D eigenvalue weighted by atomic mass is 35.5. The number of aromatic amines is 1. The normalized spacial score (nSPS) is 18.3. The smallest absolute Gasteiger partial charge is 0.329 e. The minimum absolute atomic E-state index is 0.243. The first kappa shape index (κ1) is 12.9. The van der Waals surface area contributed by atoms with Gasteiger partial charge >= 0.3 is 5.97 Å². The van der Waals surface area contributed by atoms with Crippen LogP contribution in [0.1, 0.15) is 23.3 Å². The van der Waals surface area contributed by atoms with Crippen molar-refractivity contribution in [1.29, 1.82) is 0 Å². The number of carbonyl (C=O) groups excluding carboxylic acids is 1. The number of carboxylic acid groups (broad SMARTS) is 1. The SMILES string of the molecule is O=C(NC1(C(=O)O)CCOCC1)c1cc(Cl)c[nH]1. The Morgan fingerprint density at radius 2 is 2.11 bits per heavy atom. The summed E-state index contributed by atoms with van der Waals surface area (Å²) in [6.45, 7) is 0.635. The van der Waals surface area contributed by atoms with Crippen LogP contribution in [0.5, 0.6) is 0 Å². The van der Waals surface area contributed by atoms with Crippen molar-refractivity contribution in [3.05, 3.63) is 23.0 Å². The number of ether oxygens (including phenoxy) is 1. The lowest BCUT2D eigenvalue weighted by atomic mass is 9.90. The first-order valence-corrected chi connectivity index (χ1v) is 5.89. The van der Waals surface area contributed by atoms with Gasteiger partial charge in [0.1, 0.15) is 11.2 Å². The van der Waals surface area contributed by atoms with Crippen LogP contribution in [0.4, 0.5) is 0 Å². The lowest BCUT2D eigenvalue weighted by molar-refractivity contribution is -0.148. The van der Waals surface area contributed by atoms with E-state index in [9.17, 15) is 14.7 Å². The molecule has 0 aromatic carbocycles. The molecule has 0 spiro atoms. The maximum Gasteiger partial charge on any atom is 0.329 e. The van der Waals surface area contributed by atoms with Crippen molar-refractivity contribution >= 4 is 23.5 Å². The van der Waals surface area contributed by atoms with Gasteiger partial charge in [-0.25, -0.2) is 4.79 Å². The molecule has 1 aliphatic heterocycles. The molecule has 1 aromatic heterocycles. The fraction of sp³-hybridized carbons (Fsp3) is 0.455. The van der Waals surface area contributed by atoms with Crippen LogP contribution in [0, 0.1) is 0 Å². The molecule has 1 aromatic rings. The van der Waals surface area contributed by atoms with E-state index in [1.165, 1.54) is 12.3 Å². The highest BCUT2D eigenvalue weighted by molar-refractivity contribution is 6.31. The van der Waals surface area contributed by atoms with Crippen LogP contribution < -0.4 is 5.32 Å². The summed E-state index contributed by atoms with van der Waals surface area (Å²) in [5.74, 6) is -1.52. The molecular formula is C11H13ClN2O4.